The highest BCUT2D eigenvalue weighted by atomic mass is 35.5. The van der Waals surface area contributed by atoms with Crippen LogP contribution in [-0.2, 0) is 0 Å². The van der Waals surface area contributed by atoms with Gasteiger partial charge in [0.25, 0.3) is 0 Å². The van der Waals surface area contributed by atoms with Gasteiger partial charge in [-0.3, -0.25) is 4.90 Å². The molecule has 0 aromatic heterocycles. The molecule has 0 amide bonds. The number of hydrogen-bond donors (Lipinski definition) is 1. The second kappa shape index (κ2) is 8.35. The molecule has 3 fully saturated rings. The van der Waals surface area contributed by atoms with Crippen LogP contribution in [0.15, 0.2) is 0 Å². The Labute approximate surface area is 143 Å². The lowest BCUT2D eigenvalue weighted by Crippen LogP contribution is -2.61. The van der Waals surface area contributed by atoms with Crippen LogP contribution in [0.2, 0.25) is 0 Å². The van der Waals surface area contributed by atoms with Crippen LogP contribution in [0, 0.1) is 5.92 Å². The summed E-state index contributed by atoms with van der Waals surface area (Å²) < 4.78 is 0. The van der Waals surface area contributed by atoms with Crippen molar-refractivity contribution >= 4 is 12.4 Å². The van der Waals surface area contributed by atoms with E-state index in [1.807, 2.05) is 0 Å². The molecule has 3 aliphatic rings. The van der Waals surface area contributed by atoms with Crippen LogP contribution in [-0.4, -0.2) is 34.2 Å². The minimum Gasteiger partial charge on any atom is -0.395 e. The Hall–Kier alpha value is 0.210. The minimum absolute atomic E-state index is 0. The van der Waals surface area contributed by atoms with Crippen molar-refractivity contribution in [3.63, 3.8) is 0 Å². The van der Waals surface area contributed by atoms with Gasteiger partial charge in [0, 0.05) is 17.6 Å². The van der Waals surface area contributed by atoms with Crippen molar-refractivity contribution < 1.29 is 5.11 Å². The first-order chi connectivity index (χ1) is 10.3. The molecule has 3 rings (SSSR count). The molecule has 0 bridgehead atoms. The van der Waals surface area contributed by atoms with E-state index >= 15 is 0 Å². The molecule has 2 saturated heterocycles. The number of unbranched alkanes of at least 4 members (excludes halogenated alkanes) is 3. The van der Waals surface area contributed by atoms with Crippen molar-refractivity contribution in [1.82, 2.24) is 4.90 Å². The van der Waals surface area contributed by atoms with Crippen LogP contribution in [0.3, 0.4) is 0 Å². The average molecular weight is 330 g/mol. The number of rotatable bonds is 6. The van der Waals surface area contributed by atoms with Gasteiger partial charge in [-0.15, -0.1) is 12.4 Å². The maximum Gasteiger partial charge on any atom is 0.0587 e. The van der Waals surface area contributed by atoms with Crippen molar-refractivity contribution in [3.8, 4) is 0 Å². The third-order valence-corrected chi connectivity index (χ3v) is 6.83. The fraction of sp³-hybridized carbons (Fsp3) is 1.00. The summed E-state index contributed by atoms with van der Waals surface area (Å²) in [6, 6.07) is 1.25. The summed E-state index contributed by atoms with van der Waals surface area (Å²) in [5.41, 5.74) is 0.499. The van der Waals surface area contributed by atoms with Crippen LogP contribution in [0.25, 0.3) is 0 Å². The first-order valence-corrected chi connectivity index (χ1v) is 9.71. The van der Waals surface area contributed by atoms with Crippen LogP contribution in [0.5, 0.6) is 0 Å². The quantitative estimate of drug-likeness (QED) is 0.699. The predicted octanol–water partition coefficient (Wildman–Crippen LogP) is 4.93. The molecule has 2 heterocycles. The molecule has 1 spiro atoms. The Morgan fingerprint density at radius 3 is 2.59 bits per heavy atom. The molecule has 0 radical (unpaired) electrons. The first kappa shape index (κ1) is 18.5. The van der Waals surface area contributed by atoms with Gasteiger partial charge in [-0.2, -0.15) is 0 Å². The zero-order valence-corrected chi connectivity index (χ0v) is 15.3. The number of halogens is 1. The topological polar surface area (TPSA) is 23.5 Å². The molecule has 22 heavy (non-hydrogen) atoms. The highest BCUT2D eigenvalue weighted by molar-refractivity contribution is 5.85. The number of piperidine rings is 1. The molecule has 0 unspecified atom stereocenters. The standard InChI is InChI=1S/C19H35NO.ClH/c1-2-3-4-5-9-17-11-10-16-8-6-7-13-19(16)14-12-18(15-21)20(17)19;/h16-18,21H,2-15H2,1H3;1H/t16-,17+,18-,19-;/m0./s1. The van der Waals surface area contributed by atoms with Gasteiger partial charge in [0.05, 0.1) is 6.61 Å². The number of nitrogens with zero attached hydrogens (tertiary/aromatic N) is 1. The van der Waals surface area contributed by atoms with E-state index in [0.29, 0.717) is 18.2 Å². The molecule has 2 aliphatic heterocycles. The fourth-order valence-electron chi connectivity index (χ4n) is 5.89. The number of aliphatic hydroxyl groups is 1. The molecular weight excluding hydrogens is 294 g/mol. The highest BCUT2D eigenvalue weighted by Crippen LogP contribution is 2.54. The monoisotopic (exact) mass is 329 g/mol. The molecule has 130 valence electrons. The maximum atomic E-state index is 9.88. The molecule has 0 aromatic rings. The maximum absolute atomic E-state index is 9.88. The van der Waals surface area contributed by atoms with Crippen molar-refractivity contribution in [2.24, 2.45) is 5.92 Å². The van der Waals surface area contributed by atoms with Crippen molar-refractivity contribution in [3.05, 3.63) is 0 Å². The Morgan fingerprint density at radius 2 is 1.82 bits per heavy atom. The van der Waals surface area contributed by atoms with E-state index in [2.05, 4.69) is 11.8 Å². The lowest BCUT2D eigenvalue weighted by molar-refractivity contribution is -0.0702. The second-order valence-electron chi connectivity index (χ2n) is 7.91. The smallest absolute Gasteiger partial charge is 0.0587 e. The van der Waals surface area contributed by atoms with Gasteiger partial charge in [-0.25, -0.2) is 0 Å². The van der Waals surface area contributed by atoms with Crippen molar-refractivity contribution in [1.29, 1.82) is 0 Å². The fourth-order valence-corrected chi connectivity index (χ4v) is 5.89. The van der Waals surface area contributed by atoms with Gasteiger partial charge in [-0.05, 0) is 50.9 Å². The summed E-state index contributed by atoms with van der Waals surface area (Å²) in [6.07, 6.45) is 18.1. The lowest BCUT2D eigenvalue weighted by Gasteiger charge is -2.56. The molecular formula is C19H36ClNO. The molecule has 0 aromatic carbocycles. The van der Waals surface area contributed by atoms with E-state index in [1.54, 1.807) is 0 Å². The third kappa shape index (κ3) is 3.35. The largest absolute Gasteiger partial charge is 0.395 e. The second-order valence-corrected chi connectivity index (χ2v) is 7.91. The summed E-state index contributed by atoms with van der Waals surface area (Å²) in [4.78, 5) is 2.87. The Kier molecular flexibility index (Phi) is 7.04. The van der Waals surface area contributed by atoms with Gasteiger partial charge in [0.1, 0.15) is 0 Å². The van der Waals surface area contributed by atoms with E-state index in [4.69, 9.17) is 0 Å². The van der Waals surface area contributed by atoms with Crippen LogP contribution in [0.4, 0.5) is 0 Å². The average Bonchev–Trinajstić information content (AvgIpc) is 2.90. The summed E-state index contributed by atoms with van der Waals surface area (Å²) in [5.74, 6) is 0.940. The molecule has 2 nitrogen and oxygen atoms in total. The van der Waals surface area contributed by atoms with Crippen molar-refractivity contribution in [2.45, 2.75) is 108 Å². The lowest BCUT2D eigenvalue weighted by atomic mass is 9.66. The van der Waals surface area contributed by atoms with E-state index < -0.39 is 0 Å². The van der Waals surface area contributed by atoms with E-state index in [9.17, 15) is 5.11 Å². The third-order valence-electron chi connectivity index (χ3n) is 6.83. The summed E-state index contributed by atoms with van der Waals surface area (Å²) in [5, 5.41) is 9.88. The normalized spacial score (nSPS) is 38.2. The number of hydrogen-bond acceptors (Lipinski definition) is 2. The molecule has 1 saturated carbocycles. The molecule has 4 atom stereocenters. The van der Waals surface area contributed by atoms with Crippen LogP contribution >= 0.6 is 12.4 Å². The summed E-state index contributed by atoms with van der Waals surface area (Å²) >= 11 is 0. The summed E-state index contributed by atoms with van der Waals surface area (Å²) in [7, 11) is 0. The van der Waals surface area contributed by atoms with Gasteiger partial charge in [0.2, 0.25) is 0 Å². The van der Waals surface area contributed by atoms with Gasteiger partial charge in [-0.1, -0.05) is 45.4 Å². The van der Waals surface area contributed by atoms with Gasteiger partial charge in [0.15, 0.2) is 0 Å². The zero-order chi connectivity index (χ0) is 14.7. The SMILES string of the molecule is CCCCCC[C@@H]1CC[C@@H]2CCCC[C@]23CC[C@@H](CO)N13.Cl. The predicted molar refractivity (Wildman–Crippen MR) is 95.7 cm³/mol. The number of aliphatic hydroxyl groups excluding tert-OH is 1. The summed E-state index contributed by atoms with van der Waals surface area (Å²) in [6.45, 7) is 2.68. The minimum atomic E-state index is 0. The zero-order valence-electron chi connectivity index (χ0n) is 14.4. The van der Waals surface area contributed by atoms with Crippen LogP contribution in [0.1, 0.15) is 90.4 Å². The van der Waals surface area contributed by atoms with Crippen molar-refractivity contribution in [2.75, 3.05) is 6.61 Å². The molecule has 3 heteroatoms. The Balaban J connectivity index is 0.00000176. The van der Waals surface area contributed by atoms with E-state index in [-0.39, 0.29) is 12.4 Å². The van der Waals surface area contributed by atoms with Crippen LogP contribution < -0.4 is 0 Å². The van der Waals surface area contributed by atoms with Gasteiger partial charge >= 0.3 is 0 Å². The first-order valence-electron chi connectivity index (χ1n) is 9.71. The Morgan fingerprint density at radius 1 is 0.955 bits per heavy atom. The molecule has 1 N–H and O–H groups in total. The highest BCUT2D eigenvalue weighted by Gasteiger charge is 2.55. The molecule has 1 aliphatic carbocycles. The van der Waals surface area contributed by atoms with Gasteiger partial charge < -0.3 is 5.11 Å². The van der Waals surface area contributed by atoms with E-state index in [1.165, 1.54) is 83.5 Å². The van der Waals surface area contributed by atoms with E-state index in [0.717, 1.165) is 12.0 Å². The Bertz CT molecular complexity index is 337.